The van der Waals surface area contributed by atoms with Gasteiger partial charge in [-0.05, 0) is 12.8 Å². The summed E-state index contributed by atoms with van der Waals surface area (Å²) >= 11 is 0. The van der Waals surface area contributed by atoms with Gasteiger partial charge in [0.1, 0.15) is 6.10 Å². The highest BCUT2D eigenvalue weighted by atomic mass is 16.5. The van der Waals surface area contributed by atoms with Crippen molar-refractivity contribution < 1.29 is 9.53 Å². The van der Waals surface area contributed by atoms with Crippen molar-refractivity contribution in [1.29, 1.82) is 0 Å². The summed E-state index contributed by atoms with van der Waals surface area (Å²) in [7, 11) is 0. The summed E-state index contributed by atoms with van der Waals surface area (Å²) in [6.07, 6.45) is 12.9. The summed E-state index contributed by atoms with van der Waals surface area (Å²) in [5.41, 5.74) is 0. The van der Waals surface area contributed by atoms with Crippen molar-refractivity contribution in [1.82, 2.24) is 0 Å². The van der Waals surface area contributed by atoms with Crippen LogP contribution in [0, 0.1) is 0 Å². The first-order chi connectivity index (χ1) is 8.24. The molecular weight excluding hydrogens is 212 g/mol. The van der Waals surface area contributed by atoms with E-state index in [9.17, 15) is 4.79 Å². The standard InChI is InChI=1S/C15H24O2/c1-4-7-8-9-10-11-13-15(16)17-14(6-3)12-5-2/h5-6,11,13-14H,2-4,7-10,12H2,1H3/b13-11+. The van der Waals surface area contributed by atoms with Gasteiger partial charge >= 0.3 is 5.97 Å². The first-order valence-corrected chi connectivity index (χ1v) is 6.35. The van der Waals surface area contributed by atoms with E-state index in [0.717, 1.165) is 12.8 Å². The summed E-state index contributed by atoms with van der Waals surface area (Å²) in [5.74, 6) is -0.299. The summed E-state index contributed by atoms with van der Waals surface area (Å²) in [5, 5.41) is 0. The number of carbonyl (C=O) groups is 1. The van der Waals surface area contributed by atoms with Crippen LogP contribution in [0.5, 0.6) is 0 Å². The lowest BCUT2D eigenvalue weighted by molar-refractivity contribution is -0.140. The van der Waals surface area contributed by atoms with E-state index in [2.05, 4.69) is 20.1 Å². The normalized spacial score (nSPS) is 12.3. The zero-order valence-electron chi connectivity index (χ0n) is 10.9. The van der Waals surface area contributed by atoms with Crippen LogP contribution in [-0.2, 0) is 9.53 Å². The van der Waals surface area contributed by atoms with Crippen LogP contribution in [0.1, 0.15) is 45.4 Å². The molecule has 0 aromatic rings. The fourth-order valence-electron chi connectivity index (χ4n) is 1.41. The Morgan fingerprint density at radius 3 is 2.65 bits per heavy atom. The summed E-state index contributed by atoms with van der Waals surface area (Å²) in [6, 6.07) is 0. The maximum Gasteiger partial charge on any atom is 0.331 e. The van der Waals surface area contributed by atoms with Gasteiger partial charge in [0.2, 0.25) is 0 Å². The van der Waals surface area contributed by atoms with Gasteiger partial charge in [-0.2, -0.15) is 0 Å². The Bertz CT molecular complexity index is 254. The van der Waals surface area contributed by atoms with Crippen molar-refractivity contribution in [3.63, 3.8) is 0 Å². The molecule has 2 heteroatoms. The molecule has 0 aromatic heterocycles. The third-order valence-corrected chi connectivity index (χ3v) is 2.41. The molecule has 96 valence electrons. The van der Waals surface area contributed by atoms with Gasteiger partial charge in [-0.15, -0.1) is 6.58 Å². The molecule has 0 bridgehead atoms. The predicted octanol–water partition coefficient (Wildman–Crippen LogP) is 4.19. The third-order valence-electron chi connectivity index (χ3n) is 2.41. The molecule has 0 heterocycles. The molecule has 17 heavy (non-hydrogen) atoms. The molecule has 0 N–H and O–H groups in total. The topological polar surface area (TPSA) is 26.3 Å². The van der Waals surface area contributed by atoms with Gasteiger partial charge in [0.15, 0.2) is 0 Å². The van der Waals surface area contributed by atoms with Gasteiger partial charge in [-0.3, -0.25) is 0 Å². The smallest absolute Gasteiger partial charge is 0.331 e. The van der Waals surface area contributed by atoms with Crippen molar-refractivity contribution in [3.8, 4) is 0 Å². The van der Waals surface area contributed by atoms with Gasteiger partial charge in [-0.25, -0.2) is 4.79 Å². The highest BCUT2D eigenvalue weighted by molar-refractivity contribution is 5.82. The van der Waals surface area contributed by atoms with E-state index in [4.69, 9.17) is 4.74 Å². The van der Waals surface area contributed by atoms with Gasteiger partial charge in [0.25, 0.3) is 0 Å². The van der Waals surface area contributed by atoms with E-state index in [0.29, 0.717) is 6.42 Å². The summed E-state index contributed by atoms with van der Waals surface area (Å²) in [6.45, 7) is 9.40. The van der Waals surface area contributed by atoms with Gasteiger partial charge in [0, 0.05) is 12.5 Å². The maximum atomic E-state index is 11.4. The highest BCUT2D eigenvalue weighted by Crippen LogP contribution is 2.04. The molecule has 0 aliphatic carbocycles. The van der Waals surface area contributed by atoms with Crippen LogP contribution in [0.25, 0.3) is 0 Å². The van der Waals surface area contributed by atoms with Crippen molar-refractivity contribution >= 4 is 5.97 Å². The average molecular weight is 236 g/mol. The molecular formula is C15H24O2. The monoisotopic (exact) mass is 236 g/mol. The van der Waals surface area contributed by atoms with Crippen molar-refractivity contribution in [2.24, 2.45) is 0 Å². The van der Waals surface area contributed by atoms with Crippen LogP contribution in [0.2, 0.25) is 0 Å². The van der Waals surface area contributed by atoms with Crippen LogP contribution in [-0.4, -0.2) is 12.1 Å². The van der Waals surface area contributed by atoms with Crippen LogP contribution in [0.3, 0.4) is 0 Å². The number of rotatable bonds is 10. The van der Waals surface area contributed by atoms with Gasteiger partial charge < -0.3 is 4.74 Å². The number of allylic oxidation sites excluding steroid dienone is 1. The minimum Gasteiger partial charge on any atom is -0.455 e. The molecule has 1 atom stereocenters. The Morgan fingerprint density at radius 2 is 2.06 bits per heavy atom. The Balaban J connectivity index is 3.72. The SMILES string of the molecule is C=CCC(C=C)OC(=O)/C=C/CCCCCC. The second-order valence-corrected chi connectivity index (χ2v) is 3.99. The zero-order chi connectivity index (χ0) is 12.9. The first-order valence-electron chi connectivity index (χ1n) is 6.35. The molecule has 0 aromatic carbocycles. The van der Waals surface area contributed by atoms with Gasteiger partial charge in [0.05, 0.1) is 0 Å². The lowest BCUT2D eigenvalue weighted by atomic mass is 10.1. The van der Waals surface area contributed by atoms with E-state index in [1.165, 1.54) is 25.3 Å². The van der Waals surface area contributed by atoms with Crippen molar-refractivity contribution in [3.05, 3.63) is 37.5 Å². The maximum absolute atomic E-state index is 11.4. The Morgan fingerprint density at radius 1 is 1.29 bits per heavy atom. The number of esters is 1. The number of hydrogen-bond donors (Lipinski definition) is 0. The number of carbonyl (C=O) groups excluding carboxylic acids is 1. The fraction of sp³-hybridized carbons (Fsp3) is 0.533. The Labute approximate surface area is 105 Å². The molecule has 0 fully saturated rings. The largest absolute Gasteiger partial charge is 0.455 e. The molecule has 1 unspecified atom stereocenters. The molecule has 2 nitrogen and oxygen atoms in total. The number of ether oxygens (including phenoxy) is 1. The minimum absolute atomic E-state index is 0.259. The highest BCUT2D eigenvalue weighted by Gasteiger charge is 2.05. The minimum atomic E-state index is -0.299. The number of hydrogen-bond acceptors (Lipinski definition) is 2. The van der Waals surface area contributed by atoms with Crippen LogP contribution >= 0.6 is 0 Å². The number of unbranched alkanes of at least 4 members (excludes halogenated alkanes) is 4. The molecule has 0 spiro atoms. The third kappa shape index (κ3) is 9.61. The zero-order valence-corrected chi connectivity index (χ0v) is 10.9. The van der Waals surface area contributed by atoms with E-state index >= 15 is 0 Å². The Hall–Kier alpha value is -1.31. The molecule has 0 aliphatic heterocycles. The van der Waals surface area contributed by atoms with Gasteiger partial charge in [-0.1, -0.05) is 51.0 Å². The van der Waals surface area contributed by atoms with E-state index in [1.54, 1.807) is 12.2 Å². The molecule has 0 saturated carbocycles. The second kappa shape index (κ2) is 11.2. The average Bonchev–Trinajstić information content (AvgIpc) is 2.33. The molecule has 0 amide bonds. The van der Waals surface area contributed by atoms with E-state index in [1.807, 2.05) is 6.08 Å². The molecule has 0 rings (SSSR count). The fourth-order valence-corrected chi connectivity index (χ4v) is 1.41. The van der Waals surface area contributed by atoms with E-state index in [-0.39, 0.29) is 12.1 Å². The van der Waals surface area contributed by atoms with Crippen LogP contribution in [0.15, 0.2) is 37.5 Å². The Kier molecular flexibility index (Phi) is 10.3. The van der Waals surface area contributed by atoms with Crippen molar-refractivity contribution in [2.75, 3.05) is 0 Å². The summed E-state index contributed by atoms with van der Waals surface area (Å²) in [4.78, 5) is 11.4. The lowest BCUT2D eigenvalue weighted by Crippen LogP contribution is -2.13. The predicted molar refractivity (Wildman–Crippen MR) is 72.8 cm³/mol. The van der Waals surface area contributed by atoms with Crippen LogP contribution in [0.4, 0.5) is 0 Å². The molecule has 0 aliphatic rings. The van der Waals surface area contributed by atoms with E-state index < -0.39 is 0 Å². The second-order valence-electron chi connectivity index (χ2n) is 3.99. The molecule has 0 saturated heterocycles. The first kappa shape index (κ1) is 15.7. The van der Waals surface area contributed by atoms with Crippen LogP contribution < -0.4 is 0 Å². The summed E-state index contributed by atoms with van der Waals surface area (Å²) < 4.78 is 5.15. The van der Waals surface area contributed by atoms with Crippen molar-refractivity contribution in [2.45, 2.75) is 51.6 Å². The lowest BCUT2D eigenvalue weighted by Gasteiger charge is -2.09. The quantitative estimate of drug-likeness (QED) is 0.246. The molecule has 0 radical (unpaired) electrons.